The third-order valence-corrected chi connectivity index (χ3v) is 2.37. The number of benzene rings is 1. The smallest absolute Gasteiger partial charge is 0.0112 e. The molecule has 0 unspecified atom stereocenters. The van der Waals surface area contributed by atoms with E-state index >= 15 is 0 Å². The summed E-state index contributed by atoms with van der Waals surface area (Å²) >= 11 is 0. The fourth-order valence-electron chi connectivity index (χ4n) is 1.64. The molecule has 0 atom stereocenters. The van der Waals surface area contributed by atoms with Gasteiger partial charge in [0.25, 0.3) is 0 Å². The third kappa shape index (κ3) is 2.83. The highest BCUT2D eigenvalue weighted by atomic mass is 14.1. The van der Waals surface area contributed by atoms with E-state index in [0.717, 1.165) is 11.1 Å². The lowest BCUT2D eigenvalue weighted by atomic mass is 9.95. The highest BCUT2D eigenvalue weighted by Gasteiger charge is 2.03. The molecule has 0 aromatic heterocycles. The van der Waals surface area contributed by atoms with Crippen LogP contribution in [0.2, 0.25) is 0 Å². The average Bonchev–Trinajstić information content (AvgIpc) is 2.29. The van der Waals surface area contributed by atoms with Gasteiger partial charge in [-0.1, -0.05) is 67.3 Å². The maximum atomic E-state index is 3.99. The Morgan fingerprint density at radius 2 is 1.81 bits per heavy atom. The van der Waals surface area contributed by atoms with Crippen LogP contribution in [-0.2, 0) is 0 Å². The van der Waals surface area contributed by atoms with Crippen molar-refractivity contribution in [3.63, 3.8) is 0 Å². The molecule has 1 aromatic rings. The molecule has 16 heavy (non-hydrogen) atoms. The molecule has 1 rings (SSSR count). The Hall–Kier alpha value is -1.82. The maximum absolute atomic E-state index is 3.99. The summed E-state index contributed by atoms with van der Waals surface area (Å²) in [4.78, 5) is 0. The van der Waals surface area contributed by atoms with E-state index in [0.29, 0.717) is 0 Å². The Bertz CT molecular complexity index is 430. The molecule has 0 heteroatoms. The first kappa shape index (κ1) is 12.3. The predicted molar refractivity (Wildman–Crippen MR) is 73.2 cm³/mol. The fourth-order valence-corrected chi connectivity index (χ4v) is 1.64. The highest BCUT2D eigenvalue weighted by Crippen LogP contribution is 2.24. The van der Waals surface area contributed by atoms with Crippen molar-refractivity contribution < 1.29 is 0 Å². The molecule has 0 aliphatic carbocycles. The largest absolute Gasteiger partial charge is 0.0984 e. The molecule has 0 aliphatic rings. The van der Waals surface area contributed by atoms with Crippen LogP contribution in [0.1, 0.15) is 19.4 Å². The number of hydrogen-bond donors (Lipinski definition) is 0. The normalized spacial score (nSPS) is 12.4. The van der Waals surface area contributed by atoms with Gasteiger partial charge < -0.3 is 0 Å². The molecular weight excluding hydrogens is 192 g/mol. The average molecular weight is 210 g/mol. The summed E-state index contributed by atoms with van der Waals surface area (Å²) in [6.45, 7) is 11.9. The predicted octanol–water partition coefficient (Wildman–Crippen LogP) is 4.78. The molecule has 82 valence electrons. The third-order valence-electron chi connectivity index (χ3n) is 2.37. The van der Waals surface area contributed by atoms with Crippen molar-refractivity contribution in [1.29, 1.82) is 0 Å². The van der Waals surface area contributed by atoms with E-state index in [9.17, 15) is 0 Å². The molecule has 0 saturated heterocycles. The molecule has 0 saturated carbocycles. The van der Waals surface area contributed by atoms with Crippen molar-refractivity contribution in [3.05, 3.63) is 78.4 Å². The molecule has 1 aromatic carbocycles. The minimum absolute atomic E-state index is 1.03. The zero-order chi connectivity index (χ0) is 12.0. The fraction of sp³-hybridized carbons (Fsp3) is 0.125. The van der Waals surface area contributed by atoms with E-state index < -0.39 is 0 Å². The van der Waals surface area contributed by atoms with Crippen LogP contribution in [0, 0.1) is 0 Å². The van der Waals surface area contributed by atoms with E-state index in [1.807, 2.05) is 44.2 Å². The monoisotopic (exact) mass is 210 g/mol. The molecule has 0 aliphatic heterocycles. The van der Waals surface area contributed by atoms with Gasteiger partial charge in [-0.05, 0) is 30.6 Å². The van der Waals surface area contributed by atoms with Crippen LogP contribution < -0.4 is 0 Å². The summed E-state index contributed by atoms with van der Waals surface area (Å²) in [6, 6.07) is 10.3. The standard InChI is InChI=1S/C16H18/c1-5-10-16(15(6-2)13(3)4)14-11-8-7-9-12-14/h5-12H,2-3H2,1,4H3/b10-5?,16-15+. The number of rotatable bonds is 4. The molecule has 0 N–H and O–H groups in total. The number of hydrogen-bond acceptors (Lipinski definition) is 0. The summed E-state index contributed by atoms with van der Waals surface area (Å²) < 4.78 is 0. The molecule has 0 nitrogen and oxygen atoms in total. The summed E-state index contributed by atoms with van der Waals surface area (Å²) in [5, 5.41) is 0. The van der Waals surface area contributed by atoms with E-state index in [1.165, 1.54) is 11.1 Å². The van der Waals surface area contributed by atoms with Crippen LogP contribution >= 0.6 is 0 Å². The Kier molecular flexibility index (Phi) is 4.53. The summed E-state index contributed by atoms with van der Waals surface area (Å²) in [5.74, 6) is 0. The second-order valence-electron chi connectivity index (χ2n) is 3.68. The first-order valence-corrected chi connectivity index (χ1v) is 5.41. The first-order valence-electron chi connectivity index (χ1n) is 5.41. The van der Waals surface area contributed by atoms with Gasteiger partial charge in [-0.15, -0.1) is 0 Å². The Labute approximate surface area is 98.3 Å². The van der Waals surface area contributed by atoms with Crippen molar-refractivity contribution in [2.45, 2.75) is 13.8 Å². The second kappa shape index (κ2) is 5.92. The van der Waals surface area contributed by atoms with Gasteiger partial charge in [0.05, 0.1) is 0 Å². The first-order chi connectivity index (χ1) is 7.70. The van der Waals surface area contributed by atoms with Crippen LogP contribution in [0.4, 0.5) is 0 Å². The molecule has 0 heterocycles. The lowest BCUT2D eigenvalue weighted by molar-refractivity contribution is 1.45. The number of allylic oxidation sites excluding steroid dienone is 6. The molecule has 0 fully saturated rings. The van der Waals surface area contributed by atoms with Gasteiger partial charge >= 0.3 is 0 Å². The van der Waals surface area contributed by atoms with Gasteiger partial charge in [-0.25, -0.2) is 0 Å². The van der Waals surface area contributed by atoms with Gasteiger partial charge in [0.15, 0.2) is 0 Å². The van der Waals surface area contributed by atoms with Crippen LogP contribution in [-0.4, -0.2) is 0 Å². The minimum Gasteiger partial charge on any atom is -0.0984 e. The van der Waals surface area contributed by atoms with E-state index in [4.69, 9.17) is 0 Å². The zero-order valence-corrected chi connectivity index (χ0v) is 10.0. The van der Waals surface area contributed by atoms with E-state index in [2.05, 4.69) is 31.4 Å². The Morgan fingerprint density at radius 1 is 1.19 bits per heavy atom. The maximum Gasteiger partial charge on any atom is -0.0112 e. The summed E-state index contributed by atoms with van der Waals surface area (Å²) in [7, 11) is 0. The van der Waals surface area contributed by atoms with Crippen LogP contribution in [0.15, 0.2) is 72.9 Å². The van der Waals surface area contributed by atoms with Crippen molar-refractivity contribution in [2.24, 2.45) is 0 Å². The lowest BCUT2D eigenvalue weighted by Crippen LogP contribution is -1.88. The van der Waals surface area contributed by atoms with Crippen molar-refractivity contribution in [2.75, 3.05) is 0 Å². The molecular formula is C16H18. The molecule has 0 amide bonds. The molecule has 0 bridgehead atoms. The quantitative estimate of drug-likeness (QED) is 0.627. The summed E-state index contributed by atoms with van der Waals surface area (Å²) in [6.07, 6.45) is 6.00. The Balaban J connectivity index is 3.39. The van der Waals surface area contributed by atoms with E-state index in [1.54, 1.807) is 0 Å². The SMILES string of the molecule is C=C/C(C(=C)C)=C(/C=CC)c1ccccc1. The van der Waals surface area contributed by atoms with Gasteiger partial charge in [-0.2, -0.15) is 0 Å². The lowest BCUT2D eigenvalue weighted by Gasteiger charge is -2.09. The van der Waals surface area contributed by atoms with E-state index in [-0.39, 0.29) is 0 Å². The van der Waals surface area contributed by atoms with Gasteiger partial charge in [0.2, 0.25) is 0 Å². The van der Waals surface area contributed by atoms with Gasteiger partial charge in [-0.3, -0.25) is 0 Å². The molecule has 0 radical (unpaired) electrons. The Morgan fingerprint density at radius 3 is 2.25 bits per heavy atom. The second-order valence-corrected chi connectivity index (χ2v) is 3.68. The zero-order valence-electron chi connectivity index (χ0n) is 10.0. The van der Waals surface area contributed by atoms with Crippen molar-refractivity contribution in [1.82, 2.24) is 0 Å². The topological polar surface area (TPSA) is 0 Å². The van der Waals surface area contributed by atoms with Gasteiger partial charge in [0.1, 0.15) is 0 Å². The van der Waals surface area contributed by atoms with Crippen LogP contribution in [0.25, 0.3) is 5.57 Å². The van der Waals surface area contributed by atoms with Crippen LogP contribution in [0.5, 0.6) is 0 Å². The van der Waals surface area contributed by atoms with Gasteiger partial charge in [0, 0.05) is 0 Å². The summed E-state index contributed by atoms with van der Waals surface area (Å²) in [5.41, 5.74) is 4.50. The van der Waals surface area contributed by atoms with Crippen molar-refractivity contribution in [3.8, 4) is 0 Å². The van der Waals surface area contributed by atoms with Crippen molar-refractivity contribution >= 4 is 5.57 Å². The van der Waals surface area contributed by atoms with Crippen LogP contribution in [0.3, 0.4) is 0 Å². The minimum atomic E-state index is 1.03. The highest BCUT2D eigenvalue weighted by molar-refractivity contribution is 5.81. The molecule has 0 spiro atoms.